The molecule has 0 bridgehead atoms. The lowest BCUT2D eigenvalue weighted by Crippen LogP contribution is -2.12. The van der Waals surface area contributed by atoms with Crippen LogP contribution >= 0.6 is 0 Å². The molecule has 1 atom stereocenters. The molecule has 3 heteroatoms. The van der Waals surface area contributed by atoms with Crippen LogP contribution < -0.4 is 5.32 Å². The summed E-state index contributed by atoms with van der Waals surface area (Å²) >= 11 is 0. The van der Waals surface area contributed by atoms with Crippen molar-refractivity contribution in [2.45, 2.75) is 13.0 Å². The van der Waals surface area contributed by atoms with Gasteiger partial charge in [0.25, 0.3) is 0 Å². The fourth-order valence-corrected chi connectivity index (χ4v) is 1.69. The Balaban J connectivity index is 1.93. The average Bonchev–Trinajstić information content (AvgIpc) is 2.38. The minimum absolute atomic E-state index is 0.294. The number of anilines is 1. The molecule has 0 aliphatic heterocycles. The molecule has 0 aromatic heterocycles. The van der Waals surface area contributed by atoms with Gasteiger partial charge in [-0.2, -0.15) is 0 Å². The Morgan fingerprint density at radius 2 is 1.67 bits per heavy atom. The minimum atomic E-state index is -0.646. The van der Waals surface area contributed by atoms with E-state index in [0.29, 0.717) is 12.1 Å². The second-order valence-electron chi connectivity index (χ2n) is 4.31. The van der Waals surface area contributed by atoms with Crippen LogP contribution in [0.15, 0.2) is 48.5 Å². The third kappa shape index (κ3) is 3.31. The van der Waals surface area contributed by atoms with E-state index < -0.39 is 6.10 Å². The van der Waals surface area contributed by atoms with Crippen LogP contribution in [0, 0.1) is 12.7 Å². The highest BCUT2D eigenvalue weighted by molar-refractivity contribution is 5.44. The van der Waals surface area contributed by atoms with E-state index in [1.165, 1.54) is 17.7 Å². The maximum Gasteiger partial charge on any atom is 0.123 e. The second kappa shape index (κ2) is 5.65. The number of benzene rings is 2. The third-order valence-corrected chi connectivity index (χ3v) is 2.81. The standard InChI is InChI=1S/C15H16FNO/c1-11-2-8-14(9-3-11)17-10-15(18)12-4-6-13(16)7-5-12/h2-9,15,17-18H,10H2,1H3. The molecule has 0 fully saturated rings. The Labute approximate surface area is 106 Å². The van der Waals surface area contributed by atoms with Gasteiger partial charge in [-0.3, -0.25) is 0 Å². The summed E-state index contributed by atoms with van der Waals surface area (Å²) < 4.78 is 12.7. The van der Waals surface area contributed by atoms with E-state index in [1.54, 1.807) is 12.1 Å². The highest BCUT2D eigenvalue weighted by Gasteiger charge is 2.06. The average molecular weight is 245 g/mol. The largest absolute Gasteiger partial charge is 0.387 e. The molecule has 2 nitrogen and oxygen atoms in total. The number of hydrogen-bond acceptors (Lipinski definition) is 2. The number of halogens is 1. The molecule has 0 heterocycles. The SMILES string of the molecule is Cc1ccc(NCC(O)c2ccc(F)cc2)cc1. The van der Waals surface area contributed by atoms with E-state index in [9.17, 15) is 9.50 Å². The molecule has 2 aromatic carbocycles. The van der Waals surface area contributed by atoms with Gasteiger partial charge in [0.1, 0.15) is 5.82 Å². The Kier molecular flexibility index (Phi) is 3.95. The predicted molar refractivity (Wildman–Crippen MR) is 71.0 cm³/mol. The van der Waals surface area contributed by atoms with Gasteiger partial charge in [0.05, 0.1) is 6.10 Å². The molecular weight excluding hydrogens is 229 g/mol. The molecule has 2 N–H and O–H groups in total. The van der Waals surface area contributed by atoms with Crippen LogP contribution in [0.5, 0.6) is 0 Å². The van der Waals surface area contributed by atoms with Crippen LogP contribution in [0.1, 0.15) is 17.2 Å². The van der Waals surface area contributed by atoms with E-state index in [1.807, 2.05) is 31.2 Å². The summed E-state index contributed by atoms with van der Waals surface area (Å²) in [6.45, 7) is 2.42. The Morgan fingerprint density at radius 3 is 2.28 bits per heavy atom. The van der Waals surface area contributed by atoms with Crippen molar-refractivity contribution in [3.8, 4) is 0 Å². The first-order chi connectivity index (χ1) is 8.65. The van der Waals surface area contributed by atoms with Gasteiger partial charge in [0.2, 0.25) is 0 Å². The van der Waals surface area contributed by atoms with Gasteiger partial charge >= 0.3 is 0 Å². The number of aliphatic hydroxyl groups excluding tert-OH is 1. The molecule has 18 heavy (non-hydrogen) atoms. The second-order valence-corrected chi connectivity index (χ2v) is 4.31. The summed E-state index contributed by atoms with van der Waals surface area (Å²) in [5.41, 5.74) is 2.86. The number of aliphatic hydroxyl groups is 1. The number of aryl methyl sites for hydroxylation is 1. The highest BCUT2D eigenvalue weighted by Crippen LogP contribution is 2.15. The lowest BCUT2D eigenvalue weighted by Gasteiger charge is -2.13. The minimum Gasteiger partial charge on any atom is -0.387 e. The number of nitrogens with one attached hydrogen (secondary N) is 1. The van der Waals surface area contributed by atoms with E-state index in [-0.39, 0.29) is 5.82 Å². The fourth-order valence-electron chi connectivity index (χ4n) is 1.69. The summed E-state index contributed by atoms with van der Waals surface area (Å²) in [4.78, 5) is 0. The molecule has 0 spiro atoms. The van der Waals surface area contributed by atoms with Crippen molar-refractivity contribution in [1.82, 2.24) is 0 Å². The van der Waals surface area contributed by atoms with Crippen molar-refractivity contribution >= 4 is 5.69 Å². The van der Waals surface area contributed by atoms with Crippen molar-refractivity contribution in [3.05, 3.63) is 65.5 Å². The van der Waals surface area contributed by atoms with Crippen LogP contribution in [0.25, 0.3) is 0 Å². The van der Waals surface area contributed by atoms with Crippen molar-refractivity contribution in [1.29, 1.82) is 0 Å². The fraction of sp³-hybridized carbons (Fsp3) is 0.200. The number of hydrogen-bond donors (Lipinski definition) is 2. The van der Waals surface area contributed by atoms with Crippen LogP contribution in [0.3, 0.4) is 0 Å². The topological polar surface area (TPSA) is 32.3 Å². The Hall–Kier alpha value is -1.87. The van der Waals surface area contributed by atoms with Gasteiger partial charge in [-0.25, -0.2) is 4.39 Å². The van der Waals surface area contributed by atoms with Gasteiger partial charge in [-0.05, 0) is 36.8 Å². The van der Waals surface area contributed by atoms with Crippen LogP contribution in [-0.4, -0.2) is 11.7 Å². The zero-order chi connectivity index (χ0) is 13.0. The Bertz CT molecular complexity index is 493. The summed E-state index contributed by atoms with van der Waals surface area (Å²) in [7, 11) is 0. The first-order valence-corrected chi connectivity index (χ1v) is 5.89. The molecule has 0 radical (unpaired) electrons. The van der Waals surface area contributed by atoms with E-state index >= 15 is 0 Å². The first kappa shape index (κ1) is 12.6. The van der Waals surface area contributed by atoms with E-state index in [4.69, 9.17) is 0 Å². The van der Waals surface area contributed by atoms with Crippen molar-refractivity contribution < 1.29 is 9.50 Å². The quantitative estimate of drug-likeness (QED) is 0.866. The van der Waals surface area contributed by atoms with Gasteiger partial charge < -0.3 is 10.4 Å². The van der Waals surface area contributed by atoms with Gasteiger partial charge in [0, 0.05) is 12.2 Å². The molecule has 0 aliphatic carbocycles. The Morgan fingerprint density at radius 1 is 1.06 bits per heavy atom. The molecule has 0 aliphatic rings. The molecule has 2 aromatic rings. The molecule has 0 amide bonds. The van der Waals surface area contributed by atoms with Crippen LogP contribution in [-0.2, 0) is 0 Å². The van der Waals surface area contributed by atoms with E-state index in [0.717, 1.165) is 5.69 Å². The van der Waals surface area contributed by atoms with Crippen LogP contribution in [0.4, 0.5) is 10.1 Å². The summed E-state index contributed by atoms with van der Waals surface area (Å²) in [6, 6.07) is 13.8. The molecule has 0 saturated carbocycles. The smallest absolute Gasteiger partial charge is 0.123 e. The maximum atomic E-state index is 12.7. The normalized spacial score (nSPS) is 12.2. The molecule has 1 unspecified atom stereocenters. The third-order valence-electron chi connectivity index (χ3n) is 2.81. The molecule has 0 saturated heterocycles. The van der Waals surface area contributed by atoms with Crippen LogP contribution in [0.2, 0.25) is 0 Å². The summed E-state index contributed by atoms with van der Waals surface area (Å²) in [6.07, 6.45) is -0.646. The first-order valence-electron chi connectivity index (χ1n) is 5.89. The highest BCUT2D eigenvalue weighted by atomic mass is 19.1. The predicted octanol–water partition coefficient (Wildman–Crippen LogP) is 3.28. The lowest BCUT2D eigenvalue weighted by molar-refractivity contribution is 0.191. The zero-order valence-corrected chi connectivity index (χ0v) is 10.2. The zero-order valence-electron chi connectivity index (χ0n) is 10.2. The molecule has 94 valence electrons. The summed E-state index contributed by atoms with van der Waals surface area (Å²) in [5.74, 6) is -0.294. The molecule has 2 rings (SSSR count). The number of rotatable bonds is 4. The monoisotopic (exact) mass is 245 g/mol. The van der Waals surface area contributed by atoms with Crippen molar-refractivity contribution in [2.24, 2.45) is 0 Å². The van der Waals surface area contributed by atoms with E-state index in [2.05, 4.69) is 5.32 Å². The maximum absolute atomic E-state index is 12.7. The van der Waals surface area contributed by atoms with Gasteiger partial charge in [0.15, 0.2) is 0 Å². The van der Waals surface area contributed by atoms with Crippen molar-refractivity contribution in [3.63, 3.8) is 0 Å². The van der Waals surface area contributed by atoms with Gasteiger partial charge in [-0.1, -0.05) is 29.8 Å². The summed E-state index contributed by atoms with van der Waals surface area (Å²) in [5, 5.41) is 13.1. The lowest BCUT2D eigenvalue weighted by atomic mass is 10.1. The van der Waals surface area contributed by atoms with Gasteiger partial charge in [-0.15, -0.1) is 0 Å². The van der Waals surface area contributed by atoms with Crippen molar-refractivity contribution in [2.75, 3.05) is 11.9 Å². The molecular formula is C15H16FNO.